The SMILES string of the molecule is Cl.Cl.O=c1oc2c(CNCc3cccnc3)c(O)ccc2c2c1CCCC2. The lowest BCUT2D eigenvalue weighted by atomic mass is 9.90. The van der Waals surface area contributed by atoms with Crippen LogP contribution in [0.2, 0.25) is 0 Å². The minimum Gasteiger partial charge on any atom is -0.507 e. The normalized spacial score (nSPS) is 12.7. The van der Waals surface area contributed by atoms with E-state index in [4.69, 9.17) is 4.42 Å². The molecule has 0 amide bonds. The number of aryl methyl sites for hydroxylation is 1. The number of aromatic nitrogens is 1. The second-order valence-corrected chi connectivity index (χ2v) is 6.46. The molecule has 144 valence electrons. The Balaban J connectivity index is 0.00000131. The molecule has 0 fully saturated rings. The Bertz CT molecular complexity index is 974. The van der Waals surface area contributed by atoms with E-state index in [1.165, 1.54) is 0 Å². The predicted octanol–water partition coefficient (Wildman–Crippen LogP) is 3.91. The number of phenols is 1. The Labute approximate surface area is 169 Å². The maximum atomic E-state index is 12.4. The summed E-state index contributed by atoms with van der Waals surface area (Å²) < 4.78 is 5.61. The summed E-state index contributed by atoms with van der Waals surface area (Å²) in [6.45, 7) is 1.04. The first-order chi connectivity index (χ1) is 12.2. The molecule has 7 heteroatoms. The molecule has 2 N–H and O–H groups in total. The molecule has 0 bridgehead atoms. The summed E-state index contributed by atoms with van der Waals surface area (Å²) in [6, 6.07) is 7.43. The predicted molar refractivity (Wildman–Crippen MR) is 110 cm³/mol. The largest absolute Gasteiger partial charge is 0.507 e. The van der Waals surface area contributed by atoms with Gasteiger partial charge < -0.3 is 14.8 Å². The molecule has 0 unspecified atom stereocenters. The minimum absolute atomic E-state index is 0. The van der Waals surface area contributed by atoms with Crippen molar-refractivity contribution >= 4 is 35.8 Å². The van der Waals surface area contributed by atoms with E-state index in [0.29, 0.717) is 24.2 Å². The van der Waals surface area contributed by atoms with E-state index in [1.807, 2.05) is 18.2 Å². The van der Waals surface area contributed by atoms with E-state index in [2.05, 4.69) is 10.3 Å². The fourth-order valence-electron chi connectivity index (χ4n) is 3.56. The number of fused-ring (bicyclic) bond motifs is 3. The van der Waals surface area contributed by atoms with E-state index in [1.54, 1.807) is 18.5 Å². The van der Waals surface area contributed by atoms with Crippen LogP contribution in [0, 0.1) is 0 Å². The van der Waals surface area contributed by atoms with Gasteiger partial charge in [0.25, 0.3) is 0 Å². The van der Waals surface area contributed by atoms with Crippen molar-refractivity contribution in [2.75, 3.05) is 0 Å². The molecule has 2 aromatic heterocycles. The zero-order chi connectivity index (χ0) is 17.2. The lowest BCUT2D eigenvalue weighted by Crippen LogP contribution is -2.17. The van der Waals surface area contributed by atoms with Crippen LogP contribution in [0.3, 0.4) is 0 Å². The van der Waals surface area contributed by atoms with Gasteiger partial charge in [-0.1, -0.05) is 6.07 Å². The average Bonchev–Trinajstić information content (AvgIpc) is 2.65. The lowest BCUT2D eigenvalue weighted by Gasteiger charge is -2.18. The average molecular weight is 409 g/mol. The molecule has 0 aliphatic heterocycles. The molecule has 1 aromatic carbocycles. The number of hydrogen-bond donors (Lipinski definition) is 2. The summed E-state index contributed by atoms with van der Waals surface area (Å²) in [5, 5.41) is 14.5. The molecule has 1 aliphatic carbocycles. The Hall–Kier alpha value is -2.08. The lowest BCUT2D eigenvalue weighted by molar-refractivity contribution is 0.459. The molecule has 0 atom stereocenters. The van der Waals surface area contributed by atoms with Crippen LogP contribution in [-0.4, -0.2) is 10.1 Å². The number of phenolic OH excluding ortho intramolecular Hbond substituents is 1. The molecule has 3 aromatic rings. The van der Waals surface area contributed by atoms with Gasteiger partial charge in [0.05, 0.1) is 5.56 Å². The summed E-state index contributed by atoms with van der Waals surface area (Å²) in [4.78, 5) is 16.4. The summed E-state index contributed by atoms with van der Waals surface area (Å²) in [6.07, 6.45) is 7.32. The molecule has 0 saturated carbocycles. The number of rotatable bonds is 4. The highest BCUT2D eigenvalue weighted by atomic mass is 35.5. The molecule has 1 aliphatic rings. The van der Waals surface area contributed by atoms with Crippen LogP contribution < -0.4 is 10.9 Å². The van der Waals surface area contributed by atoms with Crippen LogP contribution in [0.4, 0.5) is 0 Å². The molecular formula is C20H22Cl2N2O3. The van der Waals surface area contributed by atoms with Crippen molar-refractivity contribution in [3.8, 4) is 5.75 Å². The Morgan fingerprint density at radius 1 is 1.07 bits per heavy atom. The summed E-state index contributed by atoms with van der Waals surface area (Å²) >= 11 is 0. The number of hydrogen-bond acceptors (Lipinski definition) is 5. The van der Waals surface area contributed by atoms with Crippen molar-refractivity contribution in [2.24, 2.45) is 0 Å². The van der Waals surface area contributed by atoms with Crippen molar-refractivity contribution in [2.45, 2.75) is 38.8 Å². The minimum atomic E-state index is -0.263. The van der Waals surface area contributed by atoms with Gasteiger partial charge in [0.15, 0.2) is 0 Å². The van der Waals surface area contributed by atoms with Crippen LogP contribution >= 0.6 is 24.8 Å². The van der Waals surface area contributed by atoms with Gasteiger partial charge in [-0.15, -0.1) is 24.8 Å². The second kappa shape index (κ2) is 9.22. The first-order valence-electron chi connectivity index (χ1n) is 8.63. The van der Waals surface area contributed by atoms with E-state index in [-0.39, 0.29) is 36.2 Å². The molecule has 0 radical (unpaired) electrons. The smallest absolute Gasteiger partial charge is 0.339 e. The van der Waals surface area contributed by atoms with Crippen molar-refractivity contribution in [1.29, 1.82) is 0 Å². The van der Waals surface area contributed by atoms with Crippen molar-refractivity contribution in [3.05, 3.63) is 69.3 Å². The third-order valence-corrected chi connectivity index (χ3v) is 4.82. The quantitative estimate of drug-likeness (QED) is 0.640. The van der Waals surface area contributed by atoms with Gasteiger partial charge in [0, 0.05) is 36.4 Å². The molecular weight excluding hydrogens is 387 g/mol. The van der Waals surface area contributed by atoms with Crippen LogP contribution in [-0.2, 0) is 25.9 Å². The zero-order valence-corrected chi connectivity index (χ0v) is 16.4. The van der Waals surface area contributed by atoms with E-state index in [0.717, 1.165) is 47.8 Å². The number of halogens is 2. The summed E-state index contributed by atoms with van der Waals surface area (Å²) in [7, 11) is 0. The van der Waals surface area contributed by atoms with Crippen LogP contribution in [0.1, 0.15) is 35.1 Å². The first-order valence-corrected chi connectivity index (χ1v) is 8.63. The zero-order valence-electron chi connectivity index (χ0n) is 14.7. The second-order valence-electron chi connectivity index (χ2n) is 6.46. The summed E-state index contributed by atoms with van der Waals surface area (Å²) in [5.41, 5.74) is 3.82. The standard InChI is InChI=1S/C20H20N2O3.2ClH/c23-18-8-7-15-14-5-1-2-6-16(14)20(24)25-19(15)17(18)12-22-11-13-4-3-9-21-10-13;;/h3-4,7-10,22-23H,1-2,5-6,11-12H2;2*1H. The van der Waals surface area contributed by atoms with E-state index < -0.39 is 0 Å². The number of nitrogens with one attached hydrogen (secondary N) is 1. The maximum absolute atomic E-state index is 12.4. The number of nitrogens with zero attached hydrogens (tertiary/aromatic N) is 1. The van der Waals surface area contributed by atoms with Crippen LogP contribution in [0.15, 0.2) is 45.9 Å². The molecule has 2 heterocycles. The molecule has 5 nitrogen and oxygen atoms in total. The highest BCUT2D eigenvalue weighted by Crippen LogP contribution is 2.32. The van der Waals surface area contributed by atoms with E-state index >= 15 is 0 Å². The van der Waals surface area contributed by atoms with Crippen molar-refractivity contribution < 1.29 is 9.52 Å². The molecule has 0 spiro atoms. The van der Waals surface area contributed by atoms with Gasteiger partial charge >= 0.3 is 5.63 Å². The van der Waals surface area contributed by atoms with Gasteiger partial charge in [-0.2, -0.15) is 0 Å². The first kappa shape index (κ1) is 21.2. The number of pyridine rings is 1. The Morgan fingerprint density at radius 3 is 2.59 bits per heavy atom. The van der Waals surface area contributed by atoms with Crippen molar-refractivity contribution in [1.82, 2.24) is 10.3 Å². The maximum Gasteiger partial charge on any atom is 0.339 e. The fourth-order valence-corrected chi connectivity index (χ4v) is 3.56. The molecule has 0 saturated heterocycles. The third-order valence-electron chi connectivity index (χ3n) is 4.82. The van der Waals surface area contributed by atoms with Crippen LogP contribution in [0.25, 0.3) is 11.0 Å². The monoisotopic (exact) mass is 408 g/mol. The van der Waals surface area contributed by atoms with Gasteiger partial charge in [-0.3, -0.25) is 4.98 Å². The van der Waals surface area contributed by atoms with E-state index in [9.17, 15) is 9.90 Å². The summed E-state index contributed by atoms with van der Waals surface area (Å²) in [5.74, 6) is 0.144. The Morgan fingerprint density at radius 2 is 1.85 bits per heavy atom. The molecule has 4 rings (SSSR count). The highest BCUT2D eigenvalue weighted by molar-refractivity contribution is 5.86. The van der Waals surface area contributed by atoms with Gasteiger partial charge in [-0.05, 0) is 55.0 Å². The topological polar surface area (TPSA) is 75.4 Å². The van der Waals surface area contributed by atoms with Gasteiger partial charge in [0.1, 0.15) is 11.3 Å². The van der Waals surface area contributed by atoms with Crippen molar-refractivity contribution in [3.63, 3.8) is 0 Å². The molecule has 27 heavy (non-hydrogen) atoms. The fraction of sp³-hybridized carbons (Fsp3) is 0.300. The third kappa shape index (κ3) is 4.26. The number of benzene rings is 1. The Kier molecular flexibility index (Phi) is 7.25. The van der Waals surface area contributed by atoms with Gasteiger partial charge in [0.2, 0.25) is 0 Å². The van der Waals surface area contributed by atoms with Gasteiger partial charge in [-0.25, -0.2) is 4.79 Å². The highest BCUT2D eigenvalue weighted by Gasteiger charge is 2.20. The van der Waals surface area contributed by atoms with Crippen LogP contribution in [0.5, 0.6) is 5.75 Å². The number of aromatic hydroxyl groups is 1.